The molecule has 1 aromatic heterocycles. The Kier molecular flexibility index (Phi) is 7.99. The molecule has 1 saturated carbocycles. The number of hydrogen-bond acceptors (Lipinski definition) is 7. The first-order valence-electron chi connectivity index (χ1n) is 14.5. The molecule has 202 valence electrons. The minimum atomic E-state index is 0.157. The van der Waals surface area contributed by atoms with Crippen LogP contribution < -0.4 is 4.90 Å². The third-order valence-electron chi connectivity index (χ3n) is 8.86. The molecule has 38 heavy (non-hydrogen) atoms. The molecule has 0 amide bonds. The Bertz CT molecular complexity index is 1130. The van der Waals surface area contributed by atoms with E-state index in [-0.39, 0.29) is 6.04 Å². The summed E-state index contributed by atoms with van der Waals surface area (Å²) in [6, 6.07) is 20.8. The monoisotopic (exact) mass is 514 g/mol. The van der Waals surface area contributed by atoms with Gasteiger partial charge >= 0.3 is 0 Å². The van der Waals surface area contributed by atoms with E-state index in [1.807, 2.05) is 4.68 Å². The number of anilines is 1. The highest BCUT2D eigenvalue weighted by Crippen LogP contribution is 2.29. The normalized spacial score (nSPS) is 21.2. The highest BCUT2D eigenvalue weighted by Gasteiger charge is 2.31. The maximum absolute atomic E-state index is 4.63. The van der Waals surface area contributed by atoms with Crippen molar-refractivity contribution in [3.63, 3.8) is 0 Å². The van der Waals surface area contributed by atoms with E-state index in [0.717, 1.165) is 64.1 Å². The second-order valence-electron chi connectivity index (χ2n) is 11.4. The van der Waals surface area contributed by atoms with Gasteiger partial charge in [0.1, 0.15) is 0 Å². The zero-order valence-electron chi connectivity index (χ0n) is 22.8. The molecule has 3 heterocycles. The van der Waals surface area contributed by atoms with E-state index in [0.29, 0.717) is 6.54 Å². The fraction of sp³-hybridized carbons (Fsp3) is 0.567. The largest absolute Gasteiger partial charge is 0.369 e. The lowest BCUT2D eigenvalue weighted by Crippen LogP contribution is -2.44. The second-order valence-corrected chi connectivity index (χ2v) is 11.4. The Morgan fingerprint density at radius 3 is 2.32 bits per heavy atom. The van der Waals surface area contributed by atoms with Gasteiger partial charge in [0.05, 0.1) is 12.6 Å². The smallest absolute Gasteiger partial charge is 0.169 e. The van der Waals surface area contributed by atoms with E-state index in [4.69, 9.17) is 0 Å². The molecule has 6 rings (SSSR count). The van der Waals surface area contributed by atoms with Gasteiger partial charge in [-0.05, 0) is 73.0 Å². The van der Waals surface area contributed by atoms with Gasteiger partial charge in [-0.25, -0.2) is 4.68 Å². The van der Waals surface area contributed by atoms with Gasteiger partial charge in [-0.2, -0.15) is 0 Å². The SMILES string of the molecule is CN1CCN(c2ccc(CC(c3nnnn3Cc3ccccc3)N3CCCN(C4CCC4)CC3)cc2)CC1. The molecule has 3 fully saturated rings. The fourth-order valence-electron chi connectivity index (χ4n) is 6.22. The maximum atomic E-state index is 4.63. The molecule has 8 nitrogen and oxygen atoms in total. The Hall–Kier alpha value is -2.81. The number of likely N-dealkylation sites (N-methyl/N-ethyl adjacent to an activating group) is 1. The van der Waals surface area contributed by atoms with Crippen LogP contribution in [0.25, 0.3) is 0 Å². The zero-order valence-corrected chi connectivity index (χ0v) is 22.8. The summed E-state index contributed by atoms with van der Waals surface area (Å²) in [5.74, 6) is 0.981. The van der Waals surface area contributed by atoms with Crippen LogP contribution in [0, 0.1) is 0 Å². The first kappa shape index (κ1) is 25.5. The highest BCUT2D eigenvalue weighted by atomic mass is 15.5. The zero-order chi connectivity index (χ0) is 25.7. The van der Waals surface area contributed by atoms with Crippen molar-refractivity contribution in [1.29, 1.82) is 0 Å². The number of aromatic nitrogens is 4. The predicted molar refractivity (Wildman–Crippen MR) is 151 cm³/mol. The Labute approximate surface area is 227 Å². The molecule has 1 aliphatic carbocycles. The van der Waals surface area contributed by atoms with Gasteiger partial charge in [-0.3, -0.25) is 9.80 Å². The van der Waals surface area contributed by atoms with Gasteiger partial charge in [0.15, 0.2) is 5.82 Å². The Morgan fingerprint density at radius 2 is 1.58 bits per heavy atom. The van der Waals surface area contributed by atoms with Crippen molar-refractivity contribution < 1.29 is 0 Å². The summed E-state index contributed by atoms with van der Waals surface area (Å²) in [6.07, 6.45) is 6.26. The minimum absolute atomic E-state index is 0.157. The van der Waals surface area contributed by atoms with E-state index >= 15 is 0 Å². The van der Waals surface area contributed by atoms with Crippen LogP contribution in [-0.4, -0.2) is 100 Å². The molecule has 8 heteroatoms. The maximum Gasteiger partial charge on any atom is 0.169 e. The van der Waals surface area contributed by atoms with Gasteiger partial charge in [0.2, 0.25) is 0 Å². The molecule has 0 spiro atoms. The van der Waals surface area contributed by atoms with Crippen molar-refractivity contribution >= 4 is 5.69 Å². The lowest BCUT2D eigenvalue weighted by Gasteiger charge is -2.37. The van der Waals surface area contributed by atoms with Crippen LogP contribution in [0.4, 0.5) is 5.69 Å². The summed E-state index contributed by atoms with van der Waals surface area (Å²) in [4.78, 5) is 10.3. The number of benzene rings is 2. The van der Waals surface area contributed by atoms with Crippen LogP contribution in [0.1, 0.15) is 48.7 Å². The molecule has 0 N–H and O–H groups in total. The van der Waals surface area contributed by atoms with Crippen LogP contribution in [0.3, 0.4) is 0 Å². The fourth-order valence-corrected chi connectivity index (χ4v) is 6.22. The van der Waals surface area contributed by atoms with Crippen molar-refractivity contribution in [3.05, 3.63) is 71.5 Å². The van der Waals surface area contributed by atoms with Crippen molar-refractivity contribution in [2.45, 2.75) is 50.7 Å². The van der Waals surface area contributed by atoms with Crippen molar-refractivity contribution in [1.82, 2.24) is 34.9 Å². The summed E-state index contributed by atoms with van der Waals surface area (Å²) in [5.41, 5.74) is 3.91. The molecule has 3 aliphatic rings. The van der Waals surface area contributed by atoms with Crippen molar-refractivity contribution in [3.8, 4) is 0 Å². The number of rotatable bonds is 8. The average Bonchev–Trinajstić information content (AvgIpc) is 3.24. The number of tetrazole rings is 1. The van der Waals surface area contributed by atoms with Crippen LogP contribution in [0.2, 0.25) is 0 Å². The van der Waals surface area contributed by atoms with Crippen LogP contribution in [-0.2, 0) is 13.0 Å². The Balaban J connectivity index is 1.22. The third-order valence-corrected chi connectivity index (χ3v) is 8.86. The molecule has 0 bridgehead atoms. The van der Waals surface area contributed by atoms with Crippen LogP contribution in [0.5, 0.6) is 0 Å². The lowest BCUT2D eigenvalue weighted by atomic mass is 9.91. The first-order valence-corrected chi connectivity index (χ1v) is 14.5. The predicted octanol–water partition coefficient (Wildman–Crippen LogP) is 3.32. The van der Waals surface area contributed by atoms with Gasteiger partial charge < -0.3 is 9.80 Å². The topological polar surface area (TPSA) is 56.6 Å². The minimum Gasteiger partial charge on any atom is -0.369 e. The highest BCUT2D eigenvalue weighted by molar-refractivity contribution is 5.48. The van der Waals surface area contributed by atoms with Crippen LogP contribution >= 0.6 is 0 Å². The standard InChI is InChI=1S/C30H42N8/c1-34-17-19-36(20-18-34)28-13-11-25(12-14-28)23-29(37-16-6-15-35(21-22-37)27-9-5-10-27)30-31-32-33-38(30)24-26-7-3-2-4-8-26/h2-4,7-8,11-14,27,29H,5-6,9-10,15-24H2,1H3. The van der Waals surface area contributed by atoms with Crippen molar-refractivity contribution in [2.24, 2.45) is 0 Å². The Morgan fingerprint density at radius 1 is 0.789 bits per heavy atom. The van der Waals surface area contributed by atoms with E-state index in [1.54, 1.807) is 0 Å². The summed E-state index contributed by atoms with van der Waals surface area (Å²) >= 11 is 0. The van der Waals surface area contributed by atoms with Gasteiger partial charge in [0.25, 0.3) is 0 Å². The van der Waals surface area contributed by atoms with E-state index in [2.05, 4.69) is 96.8 Å². The third kappa shape index (κ3) is 5.92. The molecular weight excluding hydrogens is 472 g/mol. The van der Waals surface area contributed by atoms with E-state index < -0.39 is 0 Å². The molecule has 3 aromatic rings. The van der Waals surface area contributed by atoms with Gasteiger partial charge in [0, 0.05) is 57.5 Å². The quantitative estimate of drug-likeness (QED) is 0.457. The number of piperazine rings is 1. The molecule has 0 radical (unpaired) electrons. The molecule has 2 aromatic carbocycles. The molecule has 1 atom stereocenters. The first-order chi connectivity index (χ1) is 18.7. The summed E-state index contributed by atoms with van der Waals surface area (Å²) in [5, 5.41) is 13.2. The van der Waals surface area contributed by atoms with E-state index in [9.17, 15) is 0 Å². The molecule has 2 saturated heterocycles. The average molecular weight is 515 g/mol. The van der Waals surface area contributed by atoms with Crippen molar-refractivity contribution in [2.75, 3.05) is 64.3 Å². The summed E-state index contributed by atoms with van der Waals surface area (Å²) in [7, 11) is 2.21. The molecule has 1 unspecified atom stereocenters. The van der Waals surface area contributed by atoms with Gasteiger partial charge in [-0.1, -0.05) is 48.9 Å². The summed E-state index contributed by atoms with van der Waals surface area (Å²) < 4.78 is 2.02. The van der Waals surface area contributed by atoms with Gasteiger partial charge in [-0.15, -0.1) is 5.10 Å². The van der Waals surface area contributed by atoms with Crippen LogP contribution in [0.15, 0.2) is 54.6 Å². The summed E-state index contributed by atoms with van der Waals surface area (Å²) in [6.45, 7) is 9.65. The number of hydrogen-bond donors (Lipinski definition) is 0. The number of nitrogens with zero attached hydrogens (tertiary/aromatic N) is 8. The molecule has 2 aliphatic heterocycles. The lowest BCUT2D eigenvalue weighted by molar-refractivity contribution is 0.124. The molecular formula is C30H42N8. The second kappa shape index (κ2) is 11.9. The van der Waals surface area contributed by atoms with E-state index in [1.165, 1.54) is 49.0 Å².